The number of nitrogens with one attached hydrogen (secondary N) is 1. The SMILES string of the molecule is O=C(O)CC1CN(C(=O)c2ccnc(CNC(=O)OCC3c4ccccc4-c4ccccc43)c2)C1. The van der Waals surface area contributed by atoms with Crippen molar-refractivity contribution in [3.05, 3.63) is 89.2 Å². The standard InChI is InChI=1S/C27H25N3O5/c31-25(32)11-17-14-30(15-17)26(33)18-9-10-28-19(12-18)13-29-27(34)35-16-24-22-7-3-1-5-20(22)21-6-2-4-8-23(21)24/h1-10,12,17,24H,11,13-16H2,(H,29,34)(H,31,32). The van der Waals surface area contributed by atoms with E-state index >= 15 is 0 Å². The summed E-state index contributed by atoms with van der Waals surface area (Å²) in [7, 11) is 0. The van der Waals surface area contributed by atoms with E-state index in [0.717, 1.165) is 11.1 Å². The minimum Gasteiger partial charge on any atom is -0.481 e. The molecule has 8 heteroatoms. The van der Waals surface area contributed by atoms with Gasteiger partial charge in [0.1, 0.15) is 6.61 Å². The molecule has 1 aliphatic heterocycles. The summed E-state index contributed by atoms with van der Waals surface area (Å²) in [5.74, 6) is -1.05. The summed E-state index contributed by atoms with van der Waals surface area (Å²) < 4.78 is 5.55. The summed E-state index contributed by atoms with van der Waals surface area (Å²) in [6.45, 7) is 1.21. The predicted molar refractivity (Wildman–Crippen MR) is 128 cm³/mol. The van der Waals surface area contributed by atoms with Gasteiger partial charge in [-0.15, -0.1) is 0 Å². The Morgan fingerprint density at radius 2 is 1.66 bits per heavy atom. The van der Waals surface area contributed by atoms with Crippen LogP contribution in [0.25, 0.3) is 11.1 Å². The number of aliphatic carboxylic acids is 1. The number of rotatable bonds is 7. The van der Waals surface area contributed by atoms with Gasteiger partial charge in [-0.2, -0.15) is 0 Å². The molecule has 0 saturated carbocycles. The lowest BCUT2D eigenvalue weighted by atomic mass is 9.95. The summed E-state index contributed by atoms with van der Waals surface area (Å²) in [5, 5.41) is 11.6. The van der Waals surface area contributed by atoms with Crippen molar-refractivity contribution in [2.75, 3.05) is 19.7 Å². The zero-order valence-corrected chi connectivity index (χ0v) is 19.0. The van der Waals surface area contributed by atoms with Crippen LogP contribution in [0, 0.1) is 5.92 Å². The molecule has 0 radical (unpaired) electrons. The molecule has 1 fully saturated rings. The predicted octanol–water partition coefficient (Wildman–Crippen LogP) is 3.67. The van der Waals surface area contributed by atoms with Crippen molar-refractivity contribution in [2.45, 2.75) is 18.9 Å². The number of aromatic nitrogens is 1. The Balaban J connectivity index is 1.15. The van der Waals surface area contributed by atoms with Crippen LogP contribution in [0.2, 0.25) is 0 Å². The Hall–Kier alpha value is -4.20. The number of carbonyl (C=O) groups excluding carboxylic acids is 2. The molecule has 5 rings (SSSR count). The van der Waals surface area contributed by atoms with Crippen LogP contribution in [0.4, 0.5) is 4.79 Å². The normalized spacial score (nSPS) is 14.6. The monoisotopic (exact) mass is 471 g/mol. The second kappa shape index (κ2) is 9.58. The van der Waals surface area contributed by atoms with E-state index in [2.05, 4.69) is 34.6 Å². The molecule has 178 valence electrons. The molecule has 35 heavy (non-hydrogen) atoms. The Bertz CT molecular complexity index is 1240. The third-order valence-corrected chi connectivity index (χ3v) is 6.53. The number of carboxylic acid groups (broad SMARTS) is 1. The number of ether oxygens (including phenoxy) is 1. The van der Waals surface area contributed by atoms with E-state index in [1.807, 2.05) is 24.3 Å². The molecule has 2 amide bonds. The van der Waals surface area contributed by atoms with Gasteiger partial charge in [0.25, 0.3) is 5.91 Å². The van der Waals surface area contributed by atoms with Crippen molar-refractivity contribution in [3.8, 4) is 11.1 Å². The van der Waals surface area contributed by atoms with Crippen LogP contribution in [0.1, 0.15) is 39.5 Å². The number of likely N-dealkylation sites (tertiary alicyclic amines) is 1. The summed E-state index contributed by atoms with van der Waals surface area (Å²) >= 11 is 0. The number of benzene rings is 2. The minimum atomic E-state index is -0.854. The summed E-state index contributed by atoms with van der Waals surface area (Å²) in [5.41, 5.74) is 5.61. The van der Waals surface area contributed by atoms with Crippen molar-refractivity contribution in [3.63, 3.8) is 0 Å². The summed E-state index contributed by atoms with van der Waals surface area (Å²) in [4.78, 5) is 41.7. The van der Waals surface area contributed by atoms with Gasteiger partial charge < -0.3 is 20.1 Å². The lowest BCUT2D eigenvalue weighted by Gasteiger charge is -2.38. The third-order valence-electron chi connectivity index (χ3n) is 6.53. The van der Waals surface area contributed by atoms with Crippen molar-refractivity contribution in [2.24, 2.45) is 5.92 Å². The number of alkyl carbamates (subject to hydrolysis) is 1. The fourth-order valence-corrected chi connectivity index (χ4v) is 4.81. The molecule has 2 aromatic carbocycles. The maximum atomic E-state index is 12.6. The van der Waals surface area contributed by atoms with Gasteiger partial charge in [-0.25, -0.2) is 4.79 Å². The maximum Gasteiger partial charge on any atom is 0.407 e. The van der Waals surface area contributed by atoms with Gasteiger partial charge in [0, 0.05) is 36.7 Å². The molecule has 1 saturated heterocycles. The minimum absolute atomic E-state index is 0.00649. The van der Waals surface area contributed by atoms with Crippen LogP contribution >= 0.6 is 0 Å². The molecule has 1 aliphatic carbocycles. The van der Waals surface area contributed by atoms with Crippen LogP contribution in [0.3, 0.4) is 0 Å². The smallest absolute Gasteiger partial charge is 0.407 e. The van der Waals surface area contributed by atoms with Crippen molar-refractivity contribution >= 4 is 18.0 Å². The maximum absolute atomic E-state index is 12.6. The zero-order valence-electron chi connectivity index (χ0n) is 19.0. The molecule has 0 unspecified atom stereocenters. The highest BCUT2D eigenvalue weighted by Crippen LogP contribution is 2.44. The molecule has 8 nitrogen and oxygen atoms in total. The first-order valence-corrected chi connectivity index (χ1v) is 11.5. The molecule has 2 heterocycles. The topological polar surface area (TPSA) is 109 Å². The van der Waals surface area contributed by atoms with Crippen LogP contribution in [0.15, 0.2) is 66.9 Å². The van der Waals surface area contributed by atoms with Crippen LogP contribution in [-0.4, -0.2) is 52.7 Å². The number of nitrogens with zero attached hydrogens (tertiary/aromatic N) is 2. The second-order valence-electron chi connectivity index (χ2n) is 8.89. The van der Waals surface area contributed by atoms with Gasteiger partial charge in [0.15, 0.2) is 0 Å². The third kappa shape index (κ3) is 4.73. The number of pyridine rings is 1. The average molecular weight is 472 g/mol. The molecular formula is C27H25N3O5. The Morgan fingerprint density at radius 1 is 1.00 bits per heavy atom. The molecule has 3 aromatic rings. The van der Waals surface area contributed by atoms with E-state index in [4.69, 9.17) is 9.84 Å². The first-order valence-electron chi connectivity index (χ1n) is 11.5. The molecule has 2 N–H and O–H groups in total. The zero-order chi connectivity index (χ0) is 24.4. The Morgan fingerprint density at radius 3 is 2.31 bits per heavy atom. The van der Waals surface area contributed by atoms with E-state index in [0.29, 0.717) is 24.3 Å². The number of amides is 2. The molecule has 0 bridgehead atoms. The number of hydrogen-bond donors (Lipinski definition) is 2. The molecule has 2 aliphatic rings. The van der Waals surface area contributed by atoms with E-state index < -0.39 is 12.1 Å². The van der Waals surface area contributed by atoms with E-state index in [1.165, 1.54) is 17.3 Å². The largest absolute Gasteiger partial charge is 0.481 e. The van der Waals surface area contributed by atoms with Crippen molar-refractivity contribution in [1.82, 2.24) is 15.2 Å². The summed E-state index contributed by atoms with van der Waals surface area (Å²) in [6.07, 6.45) is 1.04. The second-order valence-corrected chi connectivity index (χ2v) is 8.89. The highest BCUT2D eigenvalue weighted by atomic mass is 16.5. The number of carboxylic acids is 1. The fourth-order valence-electron chi connectivity index (χ4n) is 4.81. The lowest BCUT2D eigenvalue weighted by molar-refractivity contribution is -0.139. The molecule has 0 spiro atoms. The van der Waals surface area contributed by atoms with E-state index in [9.17, 15) is 14.4 Å². The molecule has 0 atom stereocenters. The Kier molecular flexibility index (Phi) is 6.18. The van der Waals surface area contributed by atoms with E-state index in [1.54, 1.807) is 17.0 Å². The average Bonchev–Trinajstić information content (AvgIpc) is 3.17. The summed E-state index contributed by atoms with van der Waals surface area (Å²) in [6, 6.07) is 19.5. The van der Waals surface area contributed by atoms with Gasteiger partial charge in [0.05, 0.1) is 18.7 Å². The highest BCUT2D eigenvalue weighted by Gasteiger charge is 2.33. The van der Waals surface area contributed by atoms with Crippen LogP contribution in [0.5, 0.6) is 0 Å². The van der Waals surface area contributed by atoms with Crippen LogP contribution < -0.4 is 5.32 Å². The first-order chi connectivity index (χ1) is 17.0. The quantitative estimate of drug-likeness (QED) is 0.544. The lowest BCUT2D eigenvalue weighted by Crippen LogP contribution is -2.50. The molecule has 1 aromatic heterocycles. The van der Waals surface area contributed by atoms with Gasteiger partial charge in [-0.3, -0.25) is 14.6 Å². The number of fused-ring (bicyclic) bond motifs is 3. The fraction of sp³-hybridized carbons (Fsp3) is 0.259. The van der Waals surface area contributed by atoms with Gasteiger partial charge in [-0.05, 0) is 34.4 Å². The van der Waals surface area contributed by atoms with E-state index in [-0.39, 0.29) is 37.3 Å². The Labute approximate surface area is 202 Å². The highest BCUT2D eigenvalue weighted by molar-refractivity contribution is 5.94. The van der Waals surface area contributed by atoms with Gasteiger partial charge in [0.2, 0.25) is 0 Å². The van der Waals surface area contributed by atoms with Crippen molar-refractivity contribution < 1.29 is 24.2 Å². The number of hydrogen-bond acceptors (Lipinski definition) is 5. The number of carbonyl (C=O) groups is 3. The van der Waals surface area contributed by atoms with Gasteiger partial charge in [-0.1, -0.05) is 48.5 Å². The van der Waals surface area contributed by atoms with Gasteiger partial charge >= 0.3 is 12.1 Å². The first kappa shape index (κ1) is 22.6. The van der Waals surface area contributed by atoms with Crippen LogP contribution in [-0.2, 0) is 16.1 Å². The van der Waals surface area contributed by atoms with Crippen molar-refractivity contribution in [1.29, 1.82) is 0 Å². The molecular weight excluding hydrogens is 446 g/mol.